The van der Waals surface area contributed by atoms with E-state index in [9.17, 15) is 5.11 Å². The minimum Gasteiger partial charge on any atom is -0.508 e. The summed E-state index contributed by atoms with van der Waals surface area (Å²) in [5.74, 6) is 0.658. The SMILES string of the molecule is C=C(/C=C(O)\C=C/CC)OCC. The van der Waals surface area contributed by atoms with Gasteiger partial charge in [-0.2, -0.15) is 0 Å². The Kier molecular flexibility index (Phi) is 5.88. The van der Waals surface area contributed by atoms with Crippen molar-refractivity contribution in [1.82, 2.24) is 0 Å². The van der Waals surface area contributed by atoms with Gasteiger partial charge in [-0.15, -0.1) is 0 Å². The third-order valence-electron chi connectivity index (χ3n) is 1.16. The fourth-order valence-corrected chi connectivity index (χ4v) is 0.679. The van der Waals surface area contributed by atoms with Crippen LogP contribution < -0.4 is 0 Å². The van der Waals surface area contributed by atoms with Crippen LogP contribution in [0.4, 0.5) is 0 Å². The maximum absolute atomic E-state index is 9.21. The van der Waals surface area contributed by atoms with Crippen LogP contribution in [0.3, 0.4) is 0 Å². The van der Waals surface area contributed by atoms with E-state index in [1.165, 1.54) is 6.08 Å². The highest BCUT2D eigenvalue weighted by atomic mass is 16.5. The average Bonchev–Trinajstić information content (AvgIpc) is 2.01. The summed E-state index contributed by atoms with van der Waals surface area (Å²) in [5, 5.41) is 9.21. The quantitative estimate of drug-likeness (QED) is 0.505. The lowest BCUT2D eigenvalue weighted by Gasteiger charge is -2.00. The highest BCUT2D eigenvalue weighted by Crippen LogP contribution is 2.01. The molecule has 0 aliphatic heterocycles. The number of rotatable bonds is 5. The van der Waals surface area contributed by atoms with E-state index in [2.05, 4.69) is 6.58 Å². The van der Waals surface area contributed by atoms with Crippen molar-refractivity contribution in [2.45, 2.75) is 20.3 Å². The van der Waals surface area contributed by atoms with E-state index in [4.69, 9.17) is 4.74 Å². The molecule has 0 spiro atoms. The Morgan fingerprint density at radius 2 is 2.17 bits per heavy atom. The van der Waals surface area contributed by atoms with Gasteiger partial charge >= 0.3 is 0 Å². The highest BCUT2D eigenvalue weighted by molar-refractivity contribution is 5.19. The lowest BCUT2D eigenvalue weighted by molar-refractivity contribution is 0.242. The molecule has 0 aromatic rings. The van der Waals surface area contributed by atoms with Gasteiger partial charge in [-0.05, 0) is 19.4 Å². The molecule has 0 unspecified atom stereocenters. The molecule has 0 amide bonds. The second-order valence-corrected chi connectivity index (χ2v) is 2.28. The van der Waals surface area contributed by atoms with E-state index in [1.54, 1.807) is 6.08 Å². The van der Waals surface area contributed by atoms with Gasteiger partial charge in [-0.1, -0.05) is 19.6 Å². The Labute approximate surface area is 73.9 Å². The van der Waals surface area contributed by atoms with Crippen LogP contribution in [0.1, 0.15) is 20.3 Å². The summed E-state index contributed by atoms with van der Waals surface area (Å²) in [6.45, 7) is 8.04. The van der Waals surface area contributed by atoms with Crippen molar-refractivity contribution in [2.75, 3.05) is 6.61 Å². The first-order valence-corrected chi connectivity index (χ1v) is 4.09. The van der Waals surface area contributed by atoms with Gasteiger partial charge in [0.25, 0.3) is 0 Å². The largest absolute Gasteiger partial charge is 0.508 e. The molecule has 0 rings (SSSR count). The molecule has 0 aliphatic rings. The molecule has 0 fully saturated rings. The standard InChI is InChI=1S/C10H16O2/c1-4-6-7-10(11)8-9(3)12-5-2/h6-8,11H,3-5H2,1-2H3/b7-6-,10-8+. The molecule has 68 valence electrons. The number of aliphatic hydroxyl groups excluding tert-OH is 1. The lowest BCUT2D eigenvalue weighted by Crippen LogP contribution is -1.87. The van der Waals surface area contributed by atoms with E-state index in [-0.39, 0.29) is 5.76 Å². The predicted octanol–water partition coefficient (Wildman–Crippen LogP) is 2.94. The molecule has 0 bridgehead atoms. The van der Waals surface area contributed by atoms with Gasteiger partial charge in [0.2, 0.25) is 0 Å². The first-order chi connectivity index (χ1) is 5.70. The van der Waals surface area contributed by atoms with Crippen molar-refractivity contribution < 1.29 is 9.84 Å². The van der Waals surface area contributed by atoms with Crippen molar-refractivity contribution in [3.05, 3.63) is 36.3 Å². The minimum absolute atomic E-state index is 0.176. The van der Waals surface area contributed by atoms with Crippen LogP contribution in [0.25, 0.3) is 0 Å². The fourth-order valence-electron chi connectivity index (χ4n) is 0.679. The second kappa shape index (κ2) is 6.53. The summed E-state index contributed by atoms with van der Waals surface area (Å²) in [4.78, 5) is 0. The van der Waals surface area contributed by atoms with Gasteiger partial charge in [-0.25, -0.2) is 0 Å². The summed E-state index contributed by atoms with van der Waals surface area (Å²) >= 11 is 0. The second-order valence-electron chi connectivity index (χ2n) is 2.28. The first kappa shape index (κ1) is 10.8. The molecule has 2 heteroatoms. The maximum Gasteiger partial charge on any atom is 0.118 e. The molecule has 0 aromatic heterocycles. The van der Waals surface area contributed by atoms with Crippen molar-refractivity contribution in [3.8, 4) is 0 Å². The average molecular weight is 168 g/mol. The van der Waals surface area contributed by atoms with Crippen molar-refractivity contribution >= 4 is 0 Å². The normalized spacial score (nSPS) is 12.0. The lowest BCUT2D eigenvalue weighted by atomic mass is 10.3. The number of hydrogen-bond acceptors (Lipinski definition) is 2. The van der Waals surface area contributed by atoms with Gasteiger partial charge in [0.15, 0.2) is 0 Å². The van der Waals surface area contributed by atoms with Crippen LogP contribution in [0, 0.1) is 0 Å². The van der Waals surface area contributed by atoms with Crippen LogP contribution >= 0.6 is 0 Å². The Hall–Kier alpha value is -1.18. The summed E-state index contributed by atoms with van der Waals surface area (Å²) in [7, 11) is 0. The van der Waals surface area contributed by atoms with Gasteiger partial charge in [0.1, 0.15) is 11.5 Å². The van der Waals surface area contributed by atoms with Gasteiger partial charge in [0, 0.05) is 6.08 Å². The Bertz CT molecular complexity index is 190. The van der Waals surface area contributed by atoms with E-state index < -0.39 is 0 Å². The molecule has 2 nitrogen and oxygen atoms in total. The molecule has 0 aliphatic carbocycles. The molecule has 1 N–H and O–H groups in total. The number of aliphatic hydroxyl groups is 1. The van der Waals surface area contributed by atoms with Crippen LogP contribution in [0.2, 0.25) is 0 Å². The zero-order valence-corrected chi connectivity index (χ0v) is 7.71. The van der Waals surface area contributed by atoms with Crippen molar-refractivity contribution in [2.24, 2.45) is 0 Å². The molecule has 0 saturated carbocycles. The monoisotopic (exact) mass is 168 g/mol. The molecular weight excluding hydrogens is 152 g/mol. The van der Waals surface area contributed by atoms with Crippen LogP contribution in [0.15, 0.2) is 36.3 Å². The number of allylic oxidation sites excluding steroid dienone is 3. The van der Waals surface area contributed by atoms with Crippen molar-refractivity contribution in [1.29, 1.82) is 0 Å². The summed E-state index contributed by atoms with van der Waals surface area (Å²) < 4.78 is 5.03. The number of ether oxygens (including phenoxy) is 1. The predicted molar refractivity (Wildman–Crippen MR) is 50.9 cm³/mol. The summed E-state index contributed by atoms with van der Waals surface area (Å²) in [6, 6.07) is 0. The third kappa shape index (κ3) is 5.59. The Morgan fingerprint density at radius 1 is 1.50 bits per heavy atom. The zero-order chi connectivity index (χ0) is 9.40. The topological polar surface area (TPSA) is 29.5 Å². The summed E-state index contributed by atoms with van der Waals surface area (Å²) in [5.41, 5.74) is 0. The molecule has 0 saturated heterocycles. The molecule has 0 aromatic carbocycles. The van der Waals surface area contributed by atoms with Gasteiger partial charge in [0.05, 0.1) is 6.61 Å². The summed E-state index contributed by atoms with van der Waals surface area (Å²) in [6.07, 6.45) is 5.89. The Balaban J connectivity index is 3.97. The van der Waals surface area contributed by atoms with Crippen LogP contribution in [-0.4, -0.2) is 11.7 Å². The maximum atomic E-state index is 9.21. The zero-order valence-electron chi connectivity index (χ0n) is 7.71. The molecule has 0 atom stereocenters. The Morgan fingerprint density at radius 3 is 2.67 bits per heavy atom. The third-order valence-corrected chi connectivity index (χ3v) is 1.16. The first-order valence-electron chi connectivity index (χ1n) is 4.09. The fraction of sp³-hybridized carbons (Fsp3) is 0.400. The molecular formula is C10H16O2. The van der Waals surface area contributed by atoms with Gasteiger partial charge in [-0.3, -0.25) is 0 Å². The van der Waals surface area contributed by atoms with Gasteiger partial charge < -0.3 is 9.84 Å². The van der Waals surface area contributed by atoms with E-state index >= 15 is 0 Å². The highest BCUT2D eigenvalue weighted by Gasteiger charge is 1.89. The minimum atomic E-state index is 0.176. The van der Waals surface area contributed by atoms with Crippen LogP contribution in [-0.2, 0) is 4.74 Å². The molecule has 12 heavy (non-hydrogen) atoms. The van der Waals surface area contributed by atoms with Crippen LogP contribution in [0.5, 0.6) is 0 Å². The molecule has 0 radical (unpaired) electrons. The van der Waals surface area contributed by atoms with E-state index in [0.717, 1.165) is 6.42 Å². The van der Waals surface area contributed by atoms with E-state index in [0.29, 0.717) is 12.4 Å². The molecule has 0 heterocycles. The number of hydrogen-bond donors (Lipinski definition) is 1. The van der Waals surface area contributed by atoms with Crippen molar-refractivity contribution in [3.63, 3.8) is 0 Å². The smallest absolute Gasteiger partial charge is 0.118 e. The van der Waals surface area contributed by atoms with E-state index in [1.807, 2.05) is 19.9 Å².